The highest BCUT2D eigenvalue weighted by molar-refractivity contribution is 7.95. The van der Waals surface area contributed by atoms with Crippen molar-refractivity contribution in [1.29, 1.82) is 0 Å². The molecule has 0 saturated carbocycles. The highest BCUT2D eigenvalue weighted by Crippen LogP contribution is 2.38. The van der Waals surface area contributed by atoms with Crippen LogP contribution in [-0.4, -0.2) is 67.8 Å². The van der Waals surface area contributed by atoms with E-state index in [1.54, 1.807) is 29.4 Å². The summed E-state index contributed by atoms with van der Waals surface area (Å²) in [6, 6.07) is 6.81. The zero-order chi connectivity index (χ0) is 42.1. The van der Waals surface area contributed by atoms with Crippen LogP contribution < -0.4 is 31.7 Å². The maximum atomic E-state index is 15.0. The second kappa shape index (κ2) is 14.2. The molecule has 0 bridgehead atoms. The van der Waals surface area contributed by atoms with Crippen molar-refractivity contribution in [2.45, 2.75) is 65.7 Å². The van der Waals surface area contributed by atoms with Gasteiger partial charge in [0.25, 0.3) is 27.1 Å². The highest BCUT2D eigenvalue weighted by Gasteiger charge is 2.33. The molecule has 0 saturated heterocycles. The predicted octanol–water partition coefficient (Wildman–Crippen LogP) is 3.15. The number of hydrogen-bond donors (Lipinski definition) is 3. The van der Waals surface area contributed by atoms with Gasteiger partial charge in [-0.1, -0.05) is 0 Å². The lowest BCUT2D eigenvalue weighted by Gasteiger charge is -2.24. The Morgan fingerprint density at radius 2 is 1.30 bits per heavy atom. The minimum Gasteiger partial charge on any atom is -0.305 e. The number of halogens is 3. The second-order valence-corrected chi connectivity index (χ2v) is 17.5. The van der Waals surface area contributed by atoms with Crippen molar-refractivity contribution in [2.75, 3.05) is 21.4 Å². The Hall–Kier alpha value is -5.97. The third kappa shape index (κ3) is 7.50. The number of benzene rings is 2. The van der Waals surface area contributed by atoms with Gasteiger partial charge in [-0.05, 0) is 76.6 Å². The van der Waals surface area contributed by atoms with Crippen molar-refractivity contribution in [3.05, 3.63) is 102 Å². The molecule has 6 aromatic rings. The normalized spacial score (nSPS) is 13.3. The lowest BCUT2D eigenvalue weighted by atomic mass is 9.97. The number of fused-ring (bicyclic) bond motifs is 2. The number of sulfonamides is 2. The number of nitrogens with zero attached hydrogens (tertiary/aromatic N) is 7. The second-order valence-electron chi connectivity index (χ2n) is 14.0. The molecule has 0 aliphatic heterocycles. The van der Waals surface area contributed by atoms with Gasteiger partial charge in [0.05, 0.1) is 39.4 Å². The van der Waals surface area contributed by atoms with Gasteiger partial charge in [-0.25, -0.2) is 44.4 Å². The van der Waals surface area contributed by atoms with Crippen LogP contribution in [0.15, 0.2) is 68.0 Å². The van der Waals surface area contributed by atoms with Gasteiger partial charge in [0.15, 0.2) is 5.88 Å². The van der Waals surface area contributed by atoms with Crippen LogP contribution in [0.1, 0.15) is 70.9 Å². The van der Waals surface area contributed by atoms with Gasteiger partial charge in [-0.3, -0.25) is 19.0 Å². The van der Waals surface area contributed by atoms with Crippen molar-refractivity contribution in [1.82, 2.24) is 38.9 Å². The monoisotopic (exact) mass is 834 g/mol. The molecular formula is C34H37F3N10O8S2. The summed E-state index contributed by atoms with van der Waals surface area (Å²) < 4.78 is 101. The van der Waals surface area contributed by atoms with Crippen LogP contribution in [0.3, 0.4) is 0 Å². The van der Waals surface area contributed by atoms with Crippen LogP contribution in [0.4, 0.5) is 13.2 Å². The van der Waals surface area contributed by atoms with Crippen LogP contribution in [-0.2, 0) is 26.0 Å². The number of hydrogen-bond acceptors (Lipinski definition) is 10. The number of aromatic amines is 2. The van der Waals surface area contributed by atoms with Crippen molar-refractivity contribution in [2.24, 2.45) is 0 Å². The molecule has 3 N–H and O–H groups in total. The fraction of sp³-hybridized carbons (Fsp3) is 0.353. The molecule has 57 heavy (non-hydrogen) atoms. The molecule has 4 aromatic heterocycles. The van der Waals surface area contributed by atoms with Crippen LogP contribution in [0, 0.1) is 0 Å². The van der Waals surface area contributed by atoms with Crippen LogP contribution >= 0.6 is 0 Å². The first-order valence-corrected chi connectivity index (χ1v) is 20.7. The zero-order valence-electron chi connectivity index (χ0n) is 31.4. The molecule has 0 aliphatic carbocycles. The smallest absolute Gasteiger partial charge is 0.305 e. The number of alkyl halides is 3. The van der Waals surface area contributed by atoms with Gasteiger partial charge in [-0.2, -0.15) is 24.0 Å². The third-order valence-corrected chi connectivity index (χ3v) is 11.2. The van der Waals surface area contributed by atoms with E-state index in [-0.39, 0.29) is 59.1 Å². The van der Waals surface area contributed by atoms with Crippen LogP contribution in [0.2, 0.25) is 0 Å². The van der Waals surface area contributed by atoms with Crippen molar-refractivity contribution in [3.63, 3.8) is 0 Å². The average molecular weight is 835 g/mol. The van der Waals surface area contributed by atoms with Gasteiger partial charge < -0.3 is 9.97 Å². The number of nitrogens with one attached hydrogen (secondary N) is 3. The molecule has 0 amide bonds. The first kappa shape index (κ1) is 40.7. The van der Waals surface area contributed by atoms with E-state index in [1.165, 1.54) is 42.2 Å². The molecule has 23 heteroatoms. The van der Waals surface area contributed by atoms with E-state index in [0.29, 0.717) is 18.9 Å². The lowest BCUT2D eigenvalue weighted by Crippen LogP contribution is -2.56. The molecular weight excluding hydrogens is 798 g/mol. The Morgan fingerprint density at radius 3 is 1.82 bits per heavy atom. The molecule has 0 radical (unpaired) electrons. The summed E-state index contributed by atoms with van der Waals surface area (Å²) in [6.07, 6.45) is 1.71. The Labute approximate surface area is 321 Å². The molecule has 0 aliphatic rings. The topological polar surface area (TPSA) is 229 Å². The summed E-state index contributed by atoms with van der Waals surface area (Å²) in [5, 5.41) is 7.64. The maximum absolute atomic E-state index is 15.0. The molecule has 4 heterocycles. The van der Waals surface area contributed by atoms with Crippen LogP contribution in [0.5, 0.6) is 0 Å². The lowest BCUT2D eigenvalue weighted by molar-refractivity contribution is 0.0181. The van der Waals surface area contributed by atoms with E-state index in [9.17, 15) is 49.2 Å². The molecule has 18 nitrogen and oxygen atoms in total. The molecule has 1 atom stereocenters. The van der Waals surface area contributed by atoms with E-state index in [4.69, 9.17) is 0 Å². The summed E-state index contributed by atoms with van der Waals surface area (Å²) in [6.45, 7) is 8.95. The molecule has 304 valence electrons. The molecule has 6 rings (SSSR count). The standard InChI is InChI=1S/C34H37F3N10O8S2/c1-17(2)44-28(8-10-38-44)21-12-23-26(14-20(21)19(5)35)40-32(50)46(30(23)48)42-57(54,55)16-43(56(7,52)53)47-31(49)24-13-22(29-9-11-39-45(29)18(3)4)25(34(6,36)37)15-27(24)41-33(47)51/h8-15,17-19,42H,16H2,1-7H3,(H,40,50)(H,41,51). The molecule has 2 aromatic carbocycles. The molecule has 0 fully saturated rings. The Bertz CT molecular complexity index is 3050. The summed E-state index contributed by atoms with van der Waals surface area (Å²) >= 11 is 0. The fourth-order valence-corrected chi connectivity index (χ4v) is 8.97. The average Bonchev–Trinajstić information content (AvgIpc) is 3.79. The van der Waals surface area contributed by atoms with E-state index in [2.05, 4.69) is 20.2 Å². The SMILES string of the molecule is CC(F)c1cc2[nH]c(=O)n(NS(=O)(=O)CN(n3c(=O)[nH]c4cc(C(C)(F)F)c(-c5ccnn5C(C)C)cc4c3=O)S(C)(=O)=O)c(=O)c2cc1-c1ccnn1C(C)C. The van der Waals surface area contributed by atoms with Crippen molar-refractivity contribution < 1.29 is 30.0 Å². The summed E-state index contributed by atoms with van der Waals surface area (Å²) in [5.74, 6) is -5.25. The quantitative estimate of drug-likeness (QED) is 0.163. The molecule has 0 spiro atoms. The maximum Gasteiger partial charge on any atom is 0.348 e. The summed E-state index contributed by atoms with van der Waals surface area (Å²) in [5.41, 5.74) is -6.00. The van der Waals surface area contributed by atoms with E-state index in [1.807, 2.05) is 13.8 Å². The van der Waals surface area contributed by atoms with E-state index < -0.39 is 77.0 Å². The summed E-state index contributed by atoms with van der Waals surface area (Å²) in [4.78, 5) is 60.4. The van der Waals surface area contributed by atoms with Crippen LogP contribution in [0.25, 0.3) is 44.3 Å². The van der Waals surface area contributed by atoms with E-state index >= 15 is 0 Å². The Morgan fingerprint density at radius 1 is 0.789 bits per heavy atom. The van der Waals surface area contributed by atoms with Crippen molar-refractivity contribution >= 4 is 41.9 Å². The first-order chi connectivity index (χ1) is 26.4. The number of rotatable bonds is 12. The van der Waals surface area contributed by atoms with Gasteiger partial charge in [-0.15, -0.1) is 0 Å². The Kier molecular flexibility index (Phi) is 10.1. The minimum atomic E-state index is -5.20. The molecule has 1 unspecified atom stereocenters. The predicted molar refractivity (Wildman–Crippen MR) is 206 cm³/mol. The minimum absolute atomic E-state index is 0.0319. The highest BCUT2D eigenvalue weighted by atomic mass is 32.2. The third-order valence-electron chi connectivity index (χ3n) is 8.97. The Balaban J connectivity index is 1.48. The number of aromatic nitrogens is 8. The zero-order valence-corrected chi connectivity index (χ0v) is 33.0. The van der Waals surface area contributed by atoms with Gasteiger partial charge in [0, 0.05) is 48.1 Å². The van der Waals surface area contributed by atoms with E-state index in [0.717, 1.165) is 12.1 Å². The van der Waals surface area contributed by atoms with Gasteiger partial charge in [0.2, 0.25) is 10.0 Å². The van der Waals surface area contributed by atoms with Crippen molar-refractivity contribution in [3.8, 4) is 22.5 Å². The van der Waals surface area contributed by atoms with Gasteiger partial charge >= 0.3 is 11.4 Å². The van der Waals surface area contributed by atoms with Gasteiger partial charge in [0.1, 0.15) is 6.17 Å². The first-order valence-electron chi connectivity index (χ1n) is 17.2. The number of H-pyrrole nitrogens is 2. The largest absolute Gasteiger partial charge is 0.348 e. The summed E-state index contributed by atoms with van der Waals surface area (Å²) in [7, 11) is -10.1. The fourth-order valence-electron chi connectivity index (χ4n) is 6.44.